The molecule has 1 amide bonds. The van der Waals surface area contributed by atoms with Gasteiger partial charge in [0.25, 0.3) is 5.91 Å². The van der Waals surface area contributed by atoms with Gasteiger partial charge in [-0.1, -0.05) is 12.1 Å². The molecule has 0 aliphatic rings. The van der Waals surface area contributed by atoms with E-state index in [1.165, 1.54) is 30.7 Å². The fraction of sp³-hybridized carbons (Fsp3) is 0.125. The summed E-state index contributed by atoms with van der Waals surface area (Å²) in [5, 5.41) is 6.84. The average molecular weight is 341 g/mol. The lowest BCUT2D eigenvalue weighted by molar-refractivity contribution is 0.102. The summed E-state index contributed by atoms with van der Waals surface area (Å²) >= 11 is 0. The number of amides is 1. The Morgan fingerprint density at radius 1 is 1.32 bits per heavy atom. The van der Waals surface area contributed by atoms with Gasteiger partial charge < -0.3 is 16.8 Å². The van der Waals surface area contributed by atoms with E-state index in [1.54, 1.807) is 23.0 Å². The van der Waals surface area contributed by atoms with Crippen molar-refractivity contribution in [2.75, 3.05) is 17.6 Å². The third-order valence-electron chi connectivity index (χ3n) is 3.58. The van der Waals surface area contributed by atoms with Gasteiger partial charge in [-0.15, -0.1) is 0 Å². The van der Waals surface area contributed by atoms with Crippen LogP contribution in [0.25, 0.3) is 0 Å². The lowest BCUT2D eigenvalue weighted by Crippen LogP contribution is -2.21. The Morgan fingerprint density at radius 2 is 2.12 bits per heavy atom. The van der Waals surface area contributed by atoms with Gasteiger partial charge in [0.2, 0.25) is 0 Å². The van der Waals surface area contributed by atoms with E-state index < -0.39 is 5.91 Å². The standard InChI is InChI=1S/C16H16FN7O/c17-11-3-1-2-10(6-11)13(7-18)24-9-12(8-22-24)23-16(25)14-15(19)21-5-4-20-14/h1-6,8-9,13H,7,18H2,(H2,19,21)(H,23,25). The summed E-state index contributed by atoms with van der Waals surface area (Å²) in [5.74, 6) is -0.818. The van der Waals surface area contributed by atoms with Crippen LogP contribution in [0.4, 0.5) is 15.9 Å². The molecule has 8 nitrogen and oxygen atoms in total. The number of nitrogens with two attached hydrogens (primary N) is 2. The molecule has 0 radical (unpaired) electrons. The lowest BCUT2D eigenvalue weighted by Gasteiger charge is -2.15. The van der Waals surface area contributed by atoms with Crippen LogP contribution in [0.5, 0.6) is 0 Å². The molecule has 3 aromatic rings. The van der Waals surface area contributed by atoms with E-state index in [0.29, 0.717) is 11.3 Å². The fourth-order valence-corrected chi connectivity index (χ4v) is 2.40. The lowest BCUT2D eigenvalue weighted by atomic mass is 10.1. The van der Waals surface area contributed by atoms with Crippen LogP contribution < -0.4 is 16.8 Å². The molecule has 9 heteroatoms. The van der Waals surface area contributed by atoms with E-state index in [-0.39, 0.29) is 29.9 Å². The Labute approximate surface area is 142 Å². The number of nitrogens with one attached hydrogen (secondary N) is 1. The van der Waals surface area contributed by atoms with Gasteiger partial charge >= 0.3 is 0 Å². The number of hydrogen-bond donors (Lipinski definition) is 3. The number of carbonyl (C=O) groups excluding carboxylic acids is 1. The van der Waals surface area contributed by atoms with Gasteiger partial charge in [0.05, 0.1) is 17.9 Å². The van der Waals surface area contributed by atoms with Gasteiger partial charge in [0, 0.05) is 25.1 Å². The first-order chi connectivity index (χ1) is 12.1. The maximum atomic E-state index is 13.4. The smallest absolute Gasteiger partial charge is 0.278 e. The molecule has 5 N–H and O–H groups in total. The SMILES string of the molecule is NCC(c1cccc(F)c1)n1cc(NC(=O)c2nccnc2N)cn1. The van der Waals surface area contributed by atoms with Crippen LogP contribution in [0.3, 0.4) is 0 Å². The number of nitrogen functional groups attached to an aromatic ring is 1. The van der Waals surface area contributed by atoms with E-state index in [1.807, 2.05) is 0 Å². The van der Waals surface area contributed by atoms with Crippen molar-refractivity contribution >= 4 is 17.4 Å². The van der Waals surface area contributed by atoms with Crippen LogP contribution in [0, 0.1) is 5.82 Å². The second-order valence-electron chi connectivity index (χ2n) is 5.26. The van der Waals surface area contributed by atoms with Crippen LogP contribution >= 0.6 is 0 Å². The summed E-state index contributed by atoms with van der Waals surface area (Å²) in [6.07, 6.45) is 5.84. The van der Waals surface area contributed by atoms with Crippen LogP contribution in [0.1, 0.15) is 22.1 Å². The number of aromatic nitrogens is 4. The Morgan fingerprint density at radius 3 is 2.84 bits per heavy atom. The minimum Gasteiger partial charge on any atom is -0.382 e. The van der Waals surface area contributed by atoms with Gasteiger partial charge in [0.15, 0.2) is 11.5 Å². The van der Waals surface area contributed by atoms with E-state index in [0.717, 1.165) is 0 Å². The third kappa shape index (κ3) is 3.61. The van der Waals surface area contributed by atoms with Crippen LogP contribution in [0.15, 0.2) is 49.1 Å². The third-order valence-corrected chi connectivity index (χ3v) is 3.58. The first kappa shape index (κ1) is 16.5. The molecule has 1 atom stereocenters. The maximum Gasteiger partial charge on any atom is 0.278 e. The minimum absolute atomic E-state index is 0.0238. The average Bonchev–Trinajstić information content (AvgIpc) is 3.04. The highest BCUT2D eigenvalue weighted by Gasteiger charge is 2.16. The largest absolute Gasteiger partial charge is 0.382 e. The summed E-state index contributed by atoms with van der Waals surface area (Å²) in [7, 11) is 0. The Bertz CT molecular complexity index is 895. The summed E-state index contributed by atoms with van der Waals surface area (Å²) in [6, 6.07) is 5.77. The van der Waals surface area contributed by atoms with E-state index >= 15 is 0 Å². The summed E-state index contributed by atoms with van der Waals surface area (Å²) in [5.41, 5.74) is 12.6. The zero-order valence-electron chi connectivity index (χ0n) is 13.1. The second-order valence-corrected chi connectivity index (χ2v) is 5.26. The van der Waals surface area contributed by atoms with Crippen LogP contribution in [-0.4, -0.2) is 32.2 Å². The van der Waals surface area contributed by atoms with Gasteiger partial charge in [-0.2, -0.15) is 5.10 Å². The van der Waals surface area contributed by atoms with Crippen LogP contribution in [-0.2, 0) is 0 Å². The predicted octanol–water partition coefficient (Wildman–Crippen LogP) is 1.19. The molecule has 2 heterocycles. The topological polar surface area (TPSA) is 125 Å². The van der Waals surface area contributed by atoms with Crippen molar-refractivity contribution in [3.05, 3.63) is 66.1 Å². The highest BCUT2D eigenvalue weighted by molar-refractivity contribution is 6.05. The van der Waals surface area contributed by atoms with Crippen molar-refractivity contribution in [3.63, 3.8) is 0 Å². The highest BCUT2D eigenvalue weighted by Crippen LogP contribution is 2.20. The number of hydrogen-bond acceptors (Lipinski definition) is 6. The zero-order valence-corrected chi connectivity index (χ0v) is 13.1. The Balaban J connectivity index is 1.80. The molecular weight excluding hydrogens is 325 g/mol. The molecular formula is C16H16FN7O. The molecule has 25 heavy (non-hydrogen) atoms. The molecule has 128 valence electrons. The first-order valence-corrected chi connectivity index (χ1v) is 7.46. The number of anilines is 2. The van der Waals surface area contributed by atoms with Gasteiger partial charge in [-0.05, 0) is 17.7 Å². The van der Waals surface area contributed by atoms with Crippen LogP contribution in [0.2, 0.25) is 0 Å². The van der Waals surface area contributed by atoms with E-state index in [4.69, 9.17) is 11.5 Å². The fourth-order valence-electron chi connectivity index (χ4n) is 2.40. The number of carbonyl (C=O) groups is 1. The number of nitrogens with zero attached hydrogens (tertiary/aromatic N) is 4. The van der Waals surface area contributed by atoms with E-state index in [9.17, 15) is 9.18 Å². The van der Waals surface area contributed by atoms with Crippen molar-refractivity contribution in [1.29, 1.82) is 0 Å². The van der Waals surface area contributed by atoms with Crippen molar-refractivity contribution in [3.8, 4) is 0 Å². The molecule has 1 unspecified atom stereocenters. The molecule has 1 aromatic carbocycles. The van der Waals surface area contributed by atoms with Crippen molar-refractivity contribution < 1.29 is 9.18 Å². The molecule has 0 bridgehead atoms. The van der Waals surface area contributed by atoms with Crippen molar-refractivity contribution in [2.24, 2.45) is 5.73 Å². The Hall–Kier alpha value is -3.33. The maximum absolute atomic E-state index is 13.4. The summed E-state index contributed by atoms with van der Waals surface area (Å²) in [6.45, 7) is 0.218. The molecule has 0 saturated heterocycles. The Kier molecular flexibility index (Phi) is 4.66. The van der Waals surface area contributed by atoms with Crippen molar-refractivity contribution in [2.45, 2.75) is 6.04 Å². The first-order valence-electron chi connectivity index (χ1n) is 7.46. The monoisotopic (exact) mass is 341 g/mol. The van der Waals surface area contributed by atoms with Gasteiger partial charge in [-0.3, -0.25) is 9.48 Å². The van der Waals surface area contributed by atoms with E-state index in [2.05, 4.69) is 20.4 Å². The van der Waals surface area contributed by atoms with Gasteiger partial charge in [-0.25, -0.2) is 14.4 Å². The number of rotatable bonds is 5. The second kappa shape index (κ2) is 7.05. The minimum atomic E-state index is -0.500. The number of benzene rings is 1. The number of halogens is 1. The molecule has 0 saturated carbocycles. The molecule has 2 aromatic heterocycles. The van der Waals surface area contributed by atoms with Gasteiger partial charge in [0.1, 0.15) is 5.82 Å². The normalized spacial score (nSPS) is 11.9. The molecule has 0 fully saturated rings. The molecule has 3 rings (SSSR count). The predicted molar refractivity (Wildman–Crippen MR) is 90.2 cm³/mol. The highest BCUT2D eigenvalue weighted by atomic mass is 19.1. The zero-order chi connectivity index (χ0) is 17.8. The molecule has 0 aliphatic heterocycles. The van der Waals surface area contributed by atoms with Crippen molar-refractivity contribution in [1.82, 2.24) is 19.7 Å². The quantitative estimate of drug-likeness (QED) is 0.640. The summed E-state index contributed by atoms with van der Waals surface area (Å²) < 4.78 is 15.0. The molecule has 0 spiro atoms. The summed E-state index contributed by atoms with van der Waals surface area (Å²) in [4.78, 5) is 19.9. The molecule has 0 aliphatic carbocycles.